The van der Waals surface area contributed by atoms with E-state index in [9.17, 15) is 0 Å². The third-order valence-electron chi connectivity index (χ3n) is 1.91. The summed E-state index contributed by atoms with van der Waals surface area (Å²) in [7, 11) is 0. The highest BCUT2D eigenvalue weighted by Crippen LogP contribution is 2.21. The maximum Gasteiger partial charge on any atom is 0.0273 e. The Morgan fingerprint density at radius 2 is 2.20 bits per heavy atom. The SMILES string of the molecule is CC(C)C1=CC(N)=CCC1. The van der Waals surface area contributed by atoms with Gasteiger partial charge < -0.3 is 5.73 Å². The van der Waals surface area contributed by atoms with E-state index in [1.165, 1.54) is 12.0 Å². The lowest BCUT2D eigenvalue weighted by Gasteiger charge is -2.14. The molecule has 2 N–H and O–H groups in total. The lowest BCUT2D eigenvalue weighted by atomic mass is 9.94. The molecule has 1 heteroatoms. The molecule has 0 saturated carbocycles. The number of allylic oxidation sites excluding steroid dienone is 3. The van der Waals surface area contributed by atoms with Gasteiger partial charge in [-0.1, -0.05) is 25.5 Å². The van der Waals surface area contributed by atoms with Crippen molar-refractivity contribution in [3.8, 4) is 0 Å². The smallest absolute Gasteiger partial charge is 0.0273 e. The van der Waals surface area contributed by atoms with Crippen LogP contribution in [-0.2, 0) is 0 Å². The minimum atomic E-state index is 0.659. The van der Waals surface area contributed by atoms with Gasteiger partial charge in [-0.2, -0.15) is 0 Å². The molecule has 0 saturated heterocycles. The van der Waals surface area contributed by atoms with E-state index in [1.54, 1.807) is 0 Å². The molecule has 0 fully saturated rings. The Hall–Kier alpha value is -0.720. The summed E-state index contributed by atoms with van der Waals surface area (Å²) in [4.78, 5) is 0. The summed E-state index contributed by atoms with van der Waals surface area (Å²) in [5, 5.41) is 0. The van der Waals surface area contributed by atoms with Crippen LogP contribution in [-0.4, -0.2) is 0 Å². The van der Waals surface area contributed by atoms with Crippen LogP contribution in [0, 0.1) is 5.92 Å². The van der Waals surface area contributed by atoms with E-state index < -0.39 is 0 Å². The molecular weight excluding hydrogens is 122 g/mol. The van der Waals surface area contributed by atoms with Gasteiger partial charge in [-0.15, -0.1) is 0 Å². The molecule has 0 aromatic carbocycles. The maximum atomic E-state index is 5.65. The summed E-state index contributed by atoms with van der Waals surface area (Å²) in [6.07, 6.45) is 6.51. The summed E-state index contributed by atoms with van der Waals surface area (Å²) in [6, 6.07) is 0. The second kappa shape index (κ2) is 2.91. The Morgan fingerprint density at radius 3 is 2.60 bits per heavy atom. The average Bonchev–Trinajstić information content (AvgIpc) is 1.88. The van der Waals surface area contributed by atoms with Crippen molar-refractivity contribution in [3.63, 3.8) is 0 Å². The molecule has 0 heterocycles. The van der Waals surface area contributed by atoms with Crippen LogP contribution in [0.25, 0.3) is 0 Å². The van der Waals surface area contributed by atoms with Crippen LogP contribution in [0.4, 0.5) is 0 Å². The van der Waals surface area contributed by atoms with Crippen LogP contribution < -0.4 is 5.73 Å². The van der Waals surface area contributed by atoms with Crippen molar-refractivity contribution in [2.24, 2.45) is 11.7 Å². The third-order valence-corrected chi connectivity index (χ3v) is 1.91. The first kappa shape index (κ1) is 7.39. The van der Waals surface area contributed by atoms with Crippen molar-refractivity contribution in [2.75, 3.05) is 0 Å². The van der Waals surface area contributed by atoms with E-state index >= 15 is 0 Å². The zero-order chi connectivity index (χ0) is 7.56. The highest BCUT2D eigenvalue weighted by atomic mass is 14.6. The quantitative estimate of drug-likeness (QED) is 0.589. The van der Waals surface area contributed by atoms with Crippen LogP contribution in [0.5, 0.6) is 0 Å². The van der Waals surface area contributed by atoms with E-state index in [-0.39, 0.29) is 0 Å². The van der Waals surface area contributed by atoms with Crippen molar-refractivity contribution < 1.29 is 0 Å². The molecule has 0 aromatic rings. The molecule has 1 rings (SSSR count). The van der Waals surface area contributed by atoms with Crippen LogP contribution in [0.1, 0.15) is 26.7 Å². The monoisotopic (exact) mass is 137 g/mol. The highest BCUT2D eigenvalue weighted by Gasteiger charge is 2.05. The lowest BCUT2D eigenvalue weighted by Crippen LogP contribution is -2.03. The van der Waals surface area contributed by atoms with Crippen molar-refractivity contribution in [1.29, 1.82) is 0 Å². The Balaban J connectivity index is 2.69. The minimum Gasteiger partial charge on any atom is -0.399 e. The van der Waals surface area contributed by atoms with Gasteiger partial charge in [0.2, 0.25) is 0 Å². The highest BCUT2D eigenvalue weighted by molar-refractivity contribution is 5.25. The summed E-state index contributed by atoms with van der Waals surface area (Å²) in [6.45, 7) is 4.43. The van der Waals surface area contributed by atoms with Gasteiger partial charge in [-0.25, -0.2) is 0 Å². The predicted octanol–water partition coefficient (Wildman–Crippen LogP) is 2.21. The zero-order valence-corrected chi connectivity index (χ0v) is 6.72. The largest absolute Gasteiger partial charge is 0.399 e. The maximum absolute atomic E-state index is 5.65. The lowest BCUT2D eigenvalue weighted by molar-refractivity contribution is 0.705. The number of hydrogen-bond donors (Lipinski definition) is 1. The van der Waals surface area contributed by atoms with Gasteiger partial charge in [0.15, 0.2) is 0 Å². The molecule has 1 aliphatic carbocycles. The molecule has 0 bridgehead atoms. The van der Waals surface area contributed by atoms with Gasteiger partial charge in [0.25, 0.3) is 0 Å². The molecule has 0 unspecified atom stereocenters. The molecule has 1 nitrogen and oxygen atoms in total. The fraction of sp³-hybridized carbons (Fsp3) is 0.556. The van der Waals surface area contributed by atoms with E-state index in [4.69, 9.17) is 5.73 Å². The second-order valence-electron chi connectivity index (χ2n) is 3.12. The predicted molar refractivity (Wildman–Crippen MR) is 44.4 cm³/mol. The fourth-order valence-corrected chi connectivity index (χ4v) is 1.21. The van der Waals surface area contributed by atoms with E-state index in [0.717, 1.165) is 12.1 Å². The van der Waals surface area contributed by atoms with Gasteiger partial charge in [-0.3, -0.25) is 0 Å². The van der Waals surface area contributed by atoms with Gasteiger partial charge >= 0.3 is 0 Å². The second-order valence-corrected chi connectivity index (χ2v) is 3.12. The number of nitrogens with two attached hydrogens (primary N) is 1. The van der Waals surface area contributed by atoms with E-state index in [1.807, 2.05) is 0 Å². The van der Waals surface area contributed by atoms with Gasteiger partial charge in [0.1, 0.15) is 0 Å². The molecule has 10 heavy (non-hydrogen) atoms. The average molecular weight is 137 g/mol. The van der Waals surface area contributed by atoms with Crippen molar-refractivity contribution in [2.45, 2.75) is 26.7 Å². The molecule has 0 spiro atoms. The van der Waals surface area contributed by atoms with E-state index in [2.05, 4.69) is 26.0 Å². The third kappa shape index (κ3) is 1.63. The number of rotatable bonds is 1. The molecule has 0 aromatic heterocycles. The van der Waals surface area contributed by atoms with Crippen molar-refractivity contribution in [3.05, 3.63) is 23.4 Å². The molecule has 0 aliphatic heterocycles. The number of hydrogen-bond acceptors (Lipinski definition) is 1. The topological polar surface area (TPSA) is 26.0 Å². The van der Waals surface area contributed by atoms with Crippen molar-refractivity contribution >= 4 is 0 Å². The Bertz CT molecular complexity index is 175. The zero-order valence-electron chi connectivity index (χ0n) is 6.72. The molecule has 56 valence electrons. The minimum absolute atomic E-state index is 0.659. The summed E-state index contributed by atoms with van der Waals surface area (Å²) in [5.41, 5.74) is 8.07. The van der Waals surface area contributed by atoms with Crippen LogP contribution in [0.3, 0.4) is 0 Å². The van der Waals surface area contributed by atoms with Gasteiger partial charge in [0, 0.05) is 5.70 Å². The Labute approximate surface area is 62.6 Å². The first-order valence-corrected chi connectivity index (χ1v) is 3.86. The summed E-state index contributed by atoms with van der Waals surface area (Å²) in [5.74, 6) is 0.659. The van der Waals surface area contributed by atoms with Gasteiger partial charge in [-0.05, 0) is 24.8 Å². The van der Waals surface area contributed by atoms with Crippen LogP contribution in [0.2, 0.25) is 0 Å². The van der Waals surface area contributed by atoms with E-state index in [0.29, 0.717) is 5.92 Å². The molecular formula is C9H15N. The summed E-state index contributed by atoms with van der Waals surface area (Å²) >= 11 is 0. The Kier molecular flexibility index (Phi) is 2.15. The van der Waals surface area contributed by atoms with Crippen LogP contribution >= 0.6 is 0 Å². The first-order valence-electron chi connectivity index (χ1n) is 3.86. The van der Waals surface area contributed by atoms with Crippen LogP contribution in [0.15, 0.2) is 23.4 Å². The summed E-state index contributed by atoms with van der Waals surface area (Å²) < 4.78 is 0. The molecule has 0 radical (unpaired) electrons. The molecule has 0 amide bonds. The van der Waals surface area contributed by atoms with Gasteiger partial charge in [0.05, 0.1) is 0 Å². The first-order chi connectivity index (χ1) is 4.70. The molecule has 1 aliphatic rings. The fourth-order valence-electron chi connectivity index (χ4n) is 1.21. The molecule has 0 atom stereocenters. The Morgan fingerprint density at radius 1 is 1.50 bits per heavy atom. The van der Waals surface area contributed by atoms with Crippen molar-refractivity contribution in [1.82, 2.24) is 0 Å². The standard InChI is InChI=1S/C9H15N/c1-7(2)8-4-3-5-9(10)6-8/h5-7H,3-4,10H2,1-2H3. The normalized spacial score (nSPS) is 18.7.